The van der Waals surface area contributed by atoms with Gasteiger partial charge in [0.05, 0.1) is 13.2 Å². The second-order valence-electron chi connectivity index (χ2n) is 5.55. The van der Waals surface area contributed by atoms with E-state index in [2.05, 4.69) is 0 Å². The molecule has 1 atom stereocenters. The number of ether oxygens (including phenoxy) is 2. The first kappa shape index (κ1) is 18.1. The molecule has 1 rings (SSSR count). The summed E-state index contributed by atoms with van der Waals surface area (Å²) in [4.78, 5) is 0. The standard InChI is InChI=1S/C15H32O4Si/c1-16-20(17-2)12-10-8-6-4-3-5-7-9-11-18-13-15-14-19-15/h15,20H,3-14H2,1-2H3. The highest BCUT2D eigenvalue weighted by molar-refractivity contribution is 6.44. The number of hydrogen-bond donors (Lipinski definition) is 0. The summed E-state index contributed by atoms with van der Waals surface area (Å²) in [6, 6.07) is 1.15. The van der Waals surface area contributed by atoms with Crippen LogP contribution in [-0.4, -0.2) is 49.4 Å². The van der Waals surface area contributed by atoms with Crippen LogP contribution in [0.3, 0.4) is 0 Å². The van der Waals surface area contributed by atoms with Gasteiger partial charge in [0.2, 0.25) is 0 Å². The average Bonchev–Trinajstić information content (AvgIpc) is 3.28. The Morgan fingerprint density at radius 3 is 2.00 bits per heavy atom. The first-order valence-electron chi connectivity index (χ1n) is 8.11. The molecule has 0 aliphatic carbocycles. The molecule has 0 aromatic carbocycles. The molecule has 1 aliphatic heterocycles. The van der Waals surface area contributed by atoms with Gasteiger partial charge in [-0.1, -0.05) is 44.9 Å². The summed E-state index contributed by atoms with van der Waals surface area (Å²) in [5.41, 5.74) is 0. The molecule has 0 N–H and O–H groups in total. The third kappa shape index (κ3) is 10.8. The maximum atomic E-state index is 5.52. The lowest BCUT2D eigenvalue weighted by Gasteiger charge is -2.10. The van der Waals surface area contributed by atoms with Gasteiger partial charge in [-0.2, -0.15) is 0 Å². The summed E-state index contributed by atoms with van der Waals surface area (Å²) in [6.45, 7) is 2.60. The molecule has 1 heterocycles. The third-order valence-electron chi connectivity index (χ3n) is 3.71. The van der Waals surface area contributed by atoms with E-state index in [1.807, 2.05) is 0 Å². The van der Waals surface area contributed by atoms with E-state index in [0.29, 0.717) is 6.10 Å². The molecule has 120 valence electrons. The molecule has 1 saturated heterocycles. The zero-order valence-electron chi connectivity index (χ0n) is 13.3. The Kier molecular flexibility index (Phi) is 11.6. The van der Waals surface area contributed by atoms with E-state index in [1.165, 1.54) is 51.4 Å². The van der Waals surface area contributed by atoms with Crippen LogP contribution in [0.15, 0.2) is 0 Å². The van der Waals surface area contributed by atoms with Crippen LogP contribution in [0.5, 0.6) is 0 Å². The Bertz CT molecular complexity index is 208. The van der Waals surface area contributed by atoms with E-state index in [-0.39, 0.29) is 0 Å². The minimum Gasteiger partial charge on any atom is -0.400 e. The highest BCUT2D eigenvalue weighted by Crippen LogP contribution is 2.12. The first-order chi connectivity index (χ1) is 9.86. The zero-order chi connectivity index (χ0) is 14.5. The molecule has 0 bridgehead atoms. The van der Waals surface area contributed by atoms with Crippen LogP contribution in [0.25, 0.3) is 0 Å². The fourth-order valence-corrected chi connectivity index (χ4v) is 3.57. The molecule has 4 nitrogen and oxygen atoms in total. The van der Waals surface area contributed by atoms with Gasteiger partial charge in [-0.3, -0.25) is 0 Å². The summed E-state index contributed by atoms with van der Waals surface area (Å²) < 4.78 is 21.2. The highest BCUT2D eigenvalue weighted by atomic mass is 28.3. The second kappa shape index (κ2) is 12.8. The van der Waals surface area contributed by atoms with Crippen molar-refractivity contribution < 1.29 is 18.3 Å². The molecule has 1 fully saturated rings. The molecule has 1 aliphatic rings. The molecule has 5 heteroatoms. The molecular formula is C15H32O4Si. The van der Waals surface area contributed by atoms with Crippen molar-refractivity contribution in [1.82, 2.24) is 0 Å². The van der Waals surface area contributed by atoms with Crippen LogP contribution in [0.1, 0.15) is 51.4 Å². The summed E-state index contributed by atoms with van der Waals surface area (Å²) >= 11 is 0. The average molecular weight is 305 g/mol. The van der Waals surface area contributed by atoms with E-state index < -0.39 is 9.28 Å². The fourth-order valence-electron chi connectivity index (χ4n) is 2.29. The zero-order valence-corrected chi connectivity index (χ0v) is 14.4. The number of epoxide rings is 1. The van der Waals surface area contributed by atoms with Crippen molar-refractivity contribution in [3.05, 3.63) is 0 Å². The Morgan fingerprint density at radius 1 is 0.900 bits per heavy atom. The van der Waals surface area contributed by atoms with Gasteiger partial charge in [-0.15, -0.1) is 0 Å². The molecule has 0 aromatic heterocycles. The maximum Gasteiger partial charge on any atom is 0.320 e. The number of rotatable bonds is 15. The Hall–Kier alpha value is 0.0569. The summed E-state index contributed by atoms with van der Waals surface area (Å²) in [5, 5.41) is 0. The Labute approximate surface area is 126 Å². The minimum absolute atomic E-state index is 0.411. The van der Waals surface area contributed by atoms with Crippen LogP contribution in [0, 0.1) is 0 Å². The van der Waals surface area contributed by atoms with Gasteiger partial charge in [0.25, 0.3) is 0 Å². The summed E-state index contributed by atoms with van der Waals surface area (Å²) in [5.74, 6) is 0. The van der Waals surface area contributed by atoms with Gasteiger partial charge in [0, 0.05) is 20.8 Å². The van der Waals surface area contributed by atoms with E-state index in [0.717, 1.165) is 25.9 Å². The van der Waals surface area contributed by atoms with Gasteiger partial charge in [0.1, 0.15) is 6.10 Å². The van der Waals surface area contributed by atoms with Gasteiger partial charge < -0.3 is 18.3 Å². The van der Waals surface area contributed by atoms with Crippen LogP contribution >= 0.6 is 0 Å². The topological polar surface area (TPSA) is 40.2 Å². The molecule has 0 spiro atoms. The first-order valence-corrected chi connectivity index (χ1v) is 9.87. The molecule has 20 heavy (non-hydrogen) atoms. The Morgan fingerprint density at radius 2 is 1.45 bits per heavy atom. The van der Waals surface area contributed by atoms with Crippen molar-refractivity contribution in [2.24, 2.45) is 0 Å². The van der Waals surface area contributed by atoms with Gasteiger partial charge in [-0.05, 0) is 12.5 Å². The minimum atomic E-state index is -1.30. The predicted octanol–water partition coefficient (Wildman–Crippen LogP) is 3.04. The monoisotopic (exact) mass is 304 g/mol. The van der Waals surface area contributed by atoms with E-state index in [4.69, 9.17) is 18.3 Å². The molecular weight excluding hydrogens is 272 g/mol. The predicted molar refractivity (Wildman–Crippen MR) is 83.5 cm³/mol. The summed E-state index contributed by atoms with van der Waals surface area (Å²) in [6.07, 6.45) is 10.9. The summed E-state index contributed by atoms with van der Waals surface area (Å²) in [7, 11) is 2.23. The van der Waals surface area contributed by atoms with Gasteiger partial charge >= 0.3 is 9.28 Å². The van der Waals surface area contributed by atoms with Crippen molar-refractivity contribution >= 4 is 9.28 Å². The van der Waals surface area contributed by atoms with Crippen LogP contribution in [-0.2, 0) is 18.3 Å². The quantitative estimate of drug-likeness (QED) is 0.265. The lowest BCUT2D eigenvalue weighted by Crippen LogP contribution is -2.18. The normalized spacial score (nSPS) is 17.9. The van der Waals surface area contributed by atoms with Crippen molar-refractivity contribution in [1.29, 1.82) is 0 Å². The molecule has 0 amide bonds. The molecule has 1 unspecified atom stereocenters. The molecule has 0 aromatic rings. The highest BCUT2D eigenvalue weighted by Gasteiger charge is 2.21. The van der Waals surface area contributed by atoms with E-state index in [9.17, 15) is 0 Å². The maximum absolute atomic E-state index is 5.52. The fraction of sp³-hybridized carbons (Fsp3) is 1.00. The SMILES string of the molecule is CO[SiH](CCCCCCCCCCOCC1CO1)OC. The third-order valence-corrected chi connectivity index (χ3v) is 5.64. The lowest BCUT2D eigenvalue weighted by molar-refractivity contribution is 0.113. The van der Waals surface area contributed by atoms with Crippen LogP contribution < -0.4 is 0 Å². The lowest BCUT2D eigenvalue weighted by atomic mass is 10.1. The van der Waals surface area contributed by atoms with Gasteiger partial charge in [-0.25, -0.2) is 0 Å². The molecule has 0 radical (unpaired) electrons. The van der Waals surface area contributed by atoms with Crippen molar-refractivity contribution in [2.75, 3.05) is 34.0 Å². The van der Waals surface area contributed by atoms with Crippen molar-refractivity contribution in [3.8, 4) is 0 Å². The molecule has 0 saturated carbocycles. The number of hydrogen-bond acceptors (Lipinski definition) is 4. The largest absolute Gasteiger partial charge is 0.400 e. The van der Waals surface area contributed by atoms with Crippen molar-refractivity contribution in [2.45, 2.75) is 63.5 Å². The van der Waals surface area contributed by atoms with E-state index in [1.54, 1.807) is 14.2 Å². The number of unbranched alkanes of at least 4 members (excludes halogenated alkanes) is 7. The van der Waals surface area contributed by atoms with Crippen molar-refractivity contribution in [3.63, 3.8) is 0 Å². The Balaban J connectivity index is 1.67. The van der Waals surface area contributed by atoms with Crippen LogP contribution in [0.4, 0.5) is 0 Å². The smallest absolute Gasteiger partial charge is 0.320 e. The second-order valence-corrected chi connectivity index (χ2v) is 7.93. The van der Waals surface area contributed by atoms with Crippen LogP contribution in [0.2, 0.25) is 6.04 Å². The van der Waals surface area contributed by atoms with E-state index >= 15 is 0 Å². The van der Waals surface area contributed by atoms with Gasteiger partial charge in [0.15, 0.2) is 0 Å².